The molecular formula is C16H14BrN3. The third kappa shape index (κ3) is 2.60. The summed E-state index contributed by atoms with van der Waals surface area (Å²) in [5.74, 6) is 0. The van der Waals surface area contributed by atoms with Gasteiger partial charge in [-0.25, -0.2) is 4.98 Å². The van der Waals surface area contributed by atoms with E-state index < -0.39 is 0 Å². The molecule has 0 atom stereocenters. The van der Waals surface area contributed by atoms with Gasteiger partial charge in [0.25, 0.3) is 0 Å². The molecule has 1 heterocycles. The second-order valence-corrected chi connectivity index (χ2v) is 5.43. The Kier molecular flexibility index (Phi) is 3.56. The lowest BCUT2D eigenvalue weighted by atomic mass is 10.1. The predicted molar refractivity (Wildman–Crippen MR) is 85.7 cm³/mol. The van der Waals surface area contributed by atoms with Crippen molar-refractivity contribution in [1.29, 1.82) is 0 Å². The lowest BCUT2D eigenvalue weighted by molar-refractivity contribution is 1.05. The largest absolute Gasteiger partial charge is 0.354 e. The Bertz CT molecular complexity index is 706. The number of benzene rings is 2. The fourth-order valence-electron chi connectivity index (χ4n) is 2.06. The minimum absolute atomic E-state index is 1.03. The second kappa shape index (κ2) is 5.51. The van der Waals surface area contributed by atoms with E-state index in [1.807, 2.05) is 41.1 Å². The summed E-state index contributed by atoms with van der Waals surface area (Å²) < 4.78 is 3.09. The third-order valence-corrected chi connectivity index (χ3v) is 3.97. The van der Waals surface area contributed by atoms with Gasteiger partial charge in [0.2, 0.25) is 0 Å². The Morgan fingerprint density at radius 1 is 1.15 bits per heavy atom. The molecule has 0 unspecified atom stereocenters. The Labute approximate surface area is 126 Å². The SMILES string of the molecule is Cc1cc(-n2ccnc2)c(Nc2ccccc2)cc1Br. The first kappa shape index (κ1) is 12.9. The van der Waals surface area contributed by atoms with Crippen LogP contribution in [0.2, 0.25) is 0 Å². The van der Waals surface area contributed by atoms with Crippen LogP contribution in [0.5, 0.6) is 0 Å². The summed E-state index contributed by atoms with van der Waals surface area (Å²) in [7, 11) is 0. The molecule has 100 valence electrons. The fraction of sp³-hybridized carbons (Fsp3) is 0.0625. The molecule has 4 heteroatoms. The summed E-state index contributed by atoms with van der Waals surface area (Å²) in [6.07, 6.45) is 5.53. The van der Waals surface area contributed by atoms with Gasteiger partial charge >= 0.3 is 0 Å². The molecule has 0 radical (unpaired) electrons. The molecule has 3 aromatic rings. The molecule has 0 aliphatic rings. The van der Waals surface area contributed by atoms with E-state index in [4.69, 9.17) is 0 Å². The minimum Gasteiger partial charge on any atom is -0.354 e. The topological polar surface area (TPSA) is 29.9 Å². The van der Waals surface area contributed by atoms with Crippen LogP contribution in [-0.2, 0) is 0 Å². The highest BCUT2D eigenvalue weighted by Gasteiger charge is 2.08. The van der Waals surface area contributed by atoms with Gasteiger partial charge in [0.15, 0.2) is 0 Å². The fourth-order valence-corrected chi connectivity index (χ4v) is 2.40. The van der Waals surface area contributed by atoms with Crippen LogP contribution in [0.15, 0.2) is 65.7 Å². The zero-order valence-electron chi connectivity index (χ0n) is 11.0. The number of nitrogens with one attached hydrogen (secondary N) is 1. The maximum Gasteiger partial charge on any atom is 0.0992 e. The Morgan fingerprint density at radius 2 is 1.95 bits per heavy atom. The van der Waals surface area contributed by atoms with E-state index in [1.165, 1.54) is 5.56 Å². The molecule has 0 spiro atoms. The molecule has 1 aromatic heterocycles. The monoisotopic (exact) mass is 327 g/mol. The van der Waals surface area contributed by atoms with Gasteiger partial charge in [-0.2, -0.15) is 0 Å². The highest BCUT2D eigenvalue weighted by Crippen LogP contribution is 2.30. The quantitative estimate of drug-likeness (QED) is 0.756. The molecule has 0 amide bonds. The third-order valence-electron chi connectivity index (χ3n) is 3.11. The summed E-state index contributed by atoms with van der Waals surface area (Å²) in [4.78, 5) is 4.12. The number of hydrogen-bond acceptors (Lipinski definition) is 2. The lowest BCUT2D eigenvalue weighted by Gasteiger charge is -2.15. The summed E-state index contributed by atoms with van der Waals surface area (Å²) in [5.41, 5.74) is 4.36. The minimum atomic E-state index is 1.03. The van der Waals surface area contributed by atoms with E-state index in [0.29, 0.717) is 0 Å². The van der Waals surface area contributed by atoms with Crippen molar-refractivity contribution in [2.45, 2.75) is 6.92 Å². The van der Waals surface area contributed by atoms with E-state index in [9.17, 15) is 0 Å². The summed E-state index contributed by atoms with van der Waals surface area (Å²) >= 11 is 3.59. The van der Waals surface area contributed by atoms with E-state index in [1.54, 1.807) is 12.5 Å². The second-order valence-electron chi connectivity index (χ2n) is 4.58. The molecule has 3 nitrogen and oxygen atoms in total. The number of imidazole rings is 1. The van der Waals surface area contributed by atoms with Gasteiger partial charge < -0.3 is 9.88 Å². The maximum atomic E-state index is 4.12. The number of hydrogen-bond donors (Lipinski definition) is 1. The van der Waals surface area contributed by atoms with Crippen molar-refractivity contribution >= 4 is 27.3 Å². The van der Waals surface area contributed by atoms with Crippen LogP contribution in [-0.4, -0.2) is 9.55 Å². The van der Waals surface area contributed by atoms with Crippen molar-refractivity contribution in [2.75, 3.05) is 5.32 Å². The number of nitrogens with zero attached hydrogens (tertiary/aromatic N) is 2. The van der Waals surface area contributed by atoms with Crippen molar-refractivity contribution < 1.29 is 0 Å². The normalized spacial score (nSPS) is 10.5. The Balaban J connectivity index is 2.07. The Hall–Kier alpha value is -2.07. The van der Waals surface area contributed by atoms with Crippen molar-refractivity contribution in [3.05, 3.63) is 71.2 Å². The Morgan fingerprint density at radius 3 is 2.65 bits per heavy atom. The summed E-state index contributed by atoms with van der Waals surface area (Å²) in [6, 6.07) is 14.4. The van der Waals surface area contributed by atoms with E-state index in [0.717, 1.165) is 21.5 Å². The van der Waals surface area contributed by atoms with Crippen molar-refractivity contribution in [2.24, 2.45) is 0 Å². The summed E-state index contributed by atoms with van der Waals surface area (Å²) in [6.45, 7) is 2.08. The zero-order valence-corrected chi connectivity index (χ0v) is 12.6. The highest BCUT2D eigenvalue weighted by molar-refractivity contribution is 9.10. The van der Waals surface area contributed by atoms with Gasteiger partial charge in [0.05, 0.1) is 17.7 Å². The molecule has 0 aliphatic heterocycles. The molecular weight excluding hydrogens is 314 g/mol. The van der Waals surface area contributed by atoms with E-state index in [-0.39, 0.29) is 0 Å². The van der Waals surface area contributed by atoms with Crippen molar-refractivity contribution in [3.8, 4) is 5.69 Å². The first-order valence-corrected chi connectivity index (χ1v) is 7.14. The van der Waals surface area contributed by atoms with Gasteiger partial charge in [0, 0.05) is 22.6 Å². The number of halogens is 1. The van der Waals surface area contributed by atoms with Crippen LogP contribution in [0.25, 0.3) is 5.69 Å². The van der Waals surface area contributed by atoms with Gasteiger partial charge in [-0.05, 0) is 36.8 Å². The summed E-state index contributed by atoms with van der Waals surface area (Å²) in [5, 5.41) is 3.45. The van der Waals surface area contributed by atoms with Gasteiger partial charge in [0.1, 0.15) is 0 Å². The van der Waals surface area contributed by atoms with Crippen LogP contribution in [0, 0.1) is 6.92 Å². The van der Waals surface area contributed by atoms with Crippen LogP contribution in [0.4, 0.5) is 11.4 Å². The van der Waals surface area contributed by atoms with Gasteiger partial charge in [-0.1, -0.05) is 34.1 Å². The molecule has 0 bridgehead atoms. The molecule has 20 heavy (non-hydrogen) atoms. The van der Waals surface area contributed by atoms with E-state index >= 15 is 0 Å². The average molecular weight is 328 g/mol. The van der Waals surface area contributed by atoms with Crippen LogP contribution in [0.3, 0.4) is 0 Å². The van der Waals surface area contributed by atoms with Gasteiger partial charge in [-0.3, -0.25) is 0 Å². The first-order valence-electron chi connectivity index (χ1n) is 6.34. The molecule has 3 rings (SSSR count). The maximum absolute atomic E-state index is 4.12. The predicted octanol–water partition coefficient (Wildman–Crippen LogP) is 4.69. The number of rotatable bonds is 3. The van der Waals surface area contributed by atoms with Crippen molar-refractivity contribution in [3.63, 3.8) is 0 Å². The van der Waals surface area contributed by atoms with Crippen LogP contribution < -0.4 is 5.32 Å². The van der Waals surface area contributed by atoms with Crippen LogP contribution >= 0.6 is 15.9 Å². The molecule has 0 saturated carbocycles. The molecule has 0 aliphatic carbocycles. The molecule has 0 saturated heterocycles. The van der Waals surface area contributed by atoms with Crippen LogP contribution in [0.1, 0.15) is 5.56 Å². The highest BCUT2D eigenvalue weighted by atomic mass is 79.9. The van der Waals surface area contributed by atoms with Crippen molar-refractivity contribution in [1.82, 2.24) is 9.55 Å². The van der Waals surface area contributed by atoms with E-state index in [2.05, 4.69) is 45.3 Å². The first-order chi connectivity index (χ1) is 9.74. The standard InChI is InChI=1S/C16H14BrN3/c1-12-9-16(20-8-7-18-11-20)15(10-14(12)17)19-13-5-3-2-4-6-13/h2-11,19H,1H3. The average Bonchev–Trinajstić information content (AvgIpc) is 2.98. The number of aromatic nitrogens is 2. The number of para-hydroxylation sites is 1. The number of anilines is 2. The molecule has 1 N–H and O–H groups in total. The zero-order chi connectivity index (χ0) is 13.9. The number of aryl methyl sites for hydroxylation is 1. The molecule has 0 fully saturated rings. The van der Waals surface area contributed by atoms with Gasteiger partial charge in [-0.15, -0.1) is 0 Å². The lowest BCUT2D eigenvalue weighted by Crippen LogP contribution is -2.00. The smallest absolute Gasteiger partial charge is 0.0992 e. The molecule has 2 aromatic carbocycles.